The van der Waals surface area contributed by atoms with Gasteiger partial charge in [-0.25, -0.2) is 0 Å². The summed E-state index contributed by atoms with van der Waals surface area (Å²) in [6, 6.07) is 2.26. The fourth-order valence-corrected chi connectivity index (χ4v) is 1.83. The number of amides is 1. The Balaban J connectivity index is 3.08. The van der Waals surface area contributed by atoms with Crippen molar-refractivity contribution in [2.75, 3.05) is 5.32 Å². The number of rotatable bonds is 3. The van der Waals surface area contributed by atoms with Crippen LogP contribution in [0.15, 0.2) is 16.6 Å². The van der Waals surface area contributed by atoms with Crippen LogP contribution < -0.4 is 10.1 Å². The summed E-state index contributed by atoms with van der Waals surface area (Å²) in [4.78, 5) is 10.2. The van der Waals surface area contributed by atoms with E-state index < -0.39 is 12.1 Å². The van der Waals surface area contributed by atoms with Crippen molar-refractivity contribution in [1.82, 2.24) is 0 Å². The van der Waals surface area contributed by atoms with Crippen molar-refractivity contribution in [2.45, 2.75) is 6.36 Å². The normalized spacial score (nSPS) is 11.1. The highest BCUT2D eigenvalue weighted by Gasteiger charge is 2.31. The van der Waals surface area contributed by atoms with Crippen LogP contribution in [-0.2, 0) is 4.79 Å². The number of nitrogens with one attached hydrogen (secondary N) is 1. The molecule has 1 rings (SSSR count). The lowest BCUT2D eigenvalue weighted by Gasteiger charge is -2.12. The maximum absolute atomic E-state index is 12.0. The first-order valence-electron chi connectivity index (χ1n) is 3.78. The van der Waals surface area contributed by atoms with E-state index in [0.29, 0.717) is 14.5 Å². The molecule has 3 nitrogen and oxygen atoms in total. The van der Waals surface area contributed by atoms with Crippen LogP contribution in [0.3, 0.4) is 0 Å². The van der Waals surface area contributed by atoms with Gasteiger partial charge < -0.3 is 10.1 Å². The standard InChI is InChI=1S/C8H4BrF3INO2/c9-5-1-4(16-8(10,11)12)2-6(7(5)13)14-3-15/h1-3H,(H,14,15). The van der Waals surface area contributed by atoms with E-state index in [1.165, 1.54) is 6.07 Å². The third-order valence-corrected chi connectivity index (χ3v) is 3.98. The SMILES string of the molecule is O=CNc1cc(OC(F)(F)F)cc(Br)c1I. The molecule has 0 fully saturated rings. The Hall–Kier alpha value is -0.510. The first kappa shape index (κ1) is 13.6. The Labute approximate surface area is 111 Å². The van der Waals surface area contributed by atoms with E-state index in [1.54, 1.807) is 0 Å². The topological polar surface area (TPSA) is 38.3 Å². The second-order valence-electron chi connectivity index (χ2n) is 2.58. The predicted octanol–water partition coefficient (Wildman–Crippen LogP) is 3.52. The van der Waals surface area contributed by atoms with Crippen LogP contribution in [0.4, 0.5) is 18.9 Å². The summed E-state index contributed by atoms with van der Waals surface area (Å²) in [5.74, 6) is -0.399. The Morgan fingerprint density at radius 1 is 1.44 bits per heavy atom. The van der Waals surface area contributed by atoms with Gasteiger partial charge in [-0.15, -0.1) is 13.2 Å². The summed E-state index contributed by atoms with van der Waals surface area (Å²) < 4.78 is 40.6. The Morgan fingerprint density at radius 2 is 2.06 bits per heavy atom. The van der Waals surface area contributed by atoms with Gasteiger partial charge in [0.15, 0.2) is 0 Å². The largest absolute Gasteiger partial charge is 0.573 e. The number of carbonyl (C=O) groups excluding carboxylic acids is 1. The van der Waals surface area contributed by atoms with Gasteiger partial charge in [-0.3, -0.25) is 4.79 Å². The van der Waals surface area contributed by atoms with Gasteiger partial charge in [0, 0.05) is 10.5 Å². The third-order valence-electron chi connectivity index (χ3n) is 1.45. The second kappa shape index (κ2) is 5.21. The molecule has 0 radical (unpaired) electrons. The fraction of sp³-hybridized carbons (Fsp3) is 0.125. The highest BCUT2D eigenvalue weighted by atomic mass is 127. The zero-order valence-corrected chi connectivity index (χ0v) is 11.2. The van der Waals surface area contributed by atoms with Crippen LogP contribution in [-0.4, -0.2) is 12.8 Å². The van der Waals surface area contributed by atoms with Gasteiger partial charge in [0.1, 0.15) is 5.75 Å². The fourth-order valence-electron chi connectivity index (χ4n) is 0.925. The maximum Gasteiger partial charge on any atom is 0.573 e. The lowest BCUT2D eigenvalue weighted by molar-refractivity contribution is -0.274. The second-order valence-corrected chi connectivity index (χ2v) is 4.51. The first-order chi connectivity index (χ1) is 7.33. The molecule has 0 saturated heterocycles. The molecule has 0 spiro atoms. The number of alkyl halides is 3. The molecule has 0 saturated carbocycles. The number of ether oxygens (including phenoxy) is 1. The van der Waals surface area contributed by atoms with Crippen molar-refractivity contribution < 1.29 is 22.7 Å². The molecule has 0 unspecified atom stereocenters. The molecule has 0 aliphatic heterocycles. The average Bonchev–Trinajstić information content (AvgIpc) is 2.11. The zero-order valence-electron chi connectivity index (χ0n) is 7.44. The average molecular weight is 410 g/mol. The maximum atomic E-state index is 12.0. The smallest absolute Gasteiger partial charge is 0.406 e. The molecule has 1 aromatic rings. The van der Waals surface area contributed by atoms with Crippen LogP contribution in [0.1, 0.15) is 0 Å². The summed E-state index contributed by atoms with van der Waals surface area (Å²) >= 11 is 4.94. The van der Waals surface area contributed by atoms with Crippen LogP contribution in [0.2, 0.25) is 0 Å². The van der Waals surface area contributed by atoms with Gasteiger partial charge >= 0.3 is 6.36 Å². The van der Waals surface area contributed by atoms with E-state index in [9.17, 15) is 18.0 Å². The van der Waals surface area contributed by atoms with Crippen molar-refractivity contribution in [3.63, 3.8) is 0 Å². The molecule has 0 atom stereocenters. The van der Waals surface area contributed by atoms with Gasteiger partial charge in [-0.05, 0) is 44.6 Å². The van der Waals surface area contributed by atoms with E-state index in [4.69, 9.17) is 0 Å². The lowest BCUT2D eigenvalue weighted by atomic mass is 10.3. The molecule has 0 aliphatic rings. The minimum absolute atomic E-state index is 0.240. The molecule has 88 valence electrons. The number of anilines is 1. The van der Waals surface area contributed by atoms with Crippen molar-refractivity contribution in [1.29, 1.82) is 0 Å². The summed E-state index contributed by atoms with van der Waals surface area (Å²) in [6.45, 7) is 0. The molecule has 0 aliphatic carbocycles. The van der Waals surface area contributed by atoms with E-state index in [0.717, 1.165) is 6.07 Å². The molecule has 1 N–H and O–H groups in total. The molecular weight excluding hydrogens is 406 g/mol. The summed E-state index contributed by atoms with van der Waals surface area (Å²) in [6.07, 6.45) is -4.38. The van der Waals surface area contributed by atoms with Gasteiger partial charge in [0.25, 0.3) is 0 Å². The number of benzene rings is 1. The molecular formula is C8H4BrF3INO2. The van der Waals surface area contributed by atoms with Gasteiger partial charge in [0.05, 0.1) is 9.26 Å². The molecule has 0 bridgehead atoms. The van der Waals surface area contributed by atoms with Gasteiger partial charge in [-0.2, -0.15) is 0 Å². The summed E-state index contributed by atoms with van der Waals surface area (Å²) in [5.41, 5.74) is 0.240. The highest BCUT2D eigenvalue weighted by Crippen LogP contribution is 2.34. The molecule has 16 heavy (non-hydrogen) atoms. The number of hydrogen-bond acceptors (Lipinski definition) is 2. The van der Waals surface area contributed by atoms with E-state index in [-0.39, 0.29) is 5.69 Å². The summed E-state index contributed by atoms with van der Waals surface area (Å²) in [7, 11) is 0. The van der Waals surface area contributed by atoms with Crippen molar-refractivity contribution in [2.24, 2.45) is 0 Å². The first-order valence-corrected chi connectivity index (χ1v) is 5.65. The molecule has 8 heteroatoms. The van der Waals surface area contributed by atoms with Gasteiger partial charge in [-0.1, -0.05) is 0 Å². The van der Waals surface area contributed by atoms with Crippen LogP contribution in [0.25, 0.3) is 0 Å². The highest BCUT2D eigenvalue weighted by molar-refractivity contribution is 14.1. The number of halogens is 5. The molecule has 0 aromatic heterocycles. The van der Waals surface area contributed by atoms with Crippen LogP contribution in [0.5, 0.6) is 5.75 Å². The Bertz CT molecular complexity index is 411. The Kier molecular flexibility index (Phi) is 4.42. The minimum Gasteiger partial charge on any atom is -0.406 e. The van der Waals surface area contributed by atoms with E-state index in [1.807, 2.05) is 22.6 Å². The number of carbonyl (C=O) groups is 1. The molecule has 1 amide bonds. The van der Waals surface area contributed by atoms with Crippen molar-refractivity contribution in [3.8, 4) is 5.75 Å². The quantitative estimate of drug-likeness (QED) is 0.612. The lowest BCUT2D eigenvalue weighted by Crippen LogP contribution is -2.17. The van der Waals surface area contributed by atoms with Crippen LogP contribution >= 0.6 is 38.5 Å². The monoisotopic (exact) mass is 409 g/mol. The van der Waals surface area contributed by atoms with Crippen LogP contribution in [0, 0.1) is 3.57 Å². The van der Waals surface area contributed by atoms with E-state index in [2.05, 4.69) is 26.0 Å². The third kappa shape index (κ3) is 3.81. The zero-order chi connectivity index (χ0) is 12.3. The minimum atomic E-state index is -4.76. The summed E-state index contributed by atoms with van der Waals surface area (Å²) in [5, 5.41) is 2.28. The van der Waals surface area contributed by atoms with Crippen molar-refractivity contribution >= 4 is 50.6 Å². The molecule has 0 heterocycles. The number of hydrogen-bond donors (Lipinski definition) is 1. The van der Waals surface area contributed by atoms with Crippen molar-refractivity contribution in [3.05, 3.63) is 20.2 Å². The van der Waals surface area contributed by atoms with Gasteiger partial charge in [0.2, 0.25) is 6.41 Å². The predicted molar refractivity (Wildman–Crippen MR) is 63.2 cm³/mol. The Morgan fingerprint density at radius 3 is 2.56 bits per heavy atom. The van der Waals surface area contributed by atoms with E-state index >= 15 is 0 Å². The molecule has 1 aromatic carbocycles.